The highest BCUT2D eigenvalue weighted by atomic mass is 16.5. The van der Waals surface area contributed by atoms with Crippen molar-refractivity contribution in [1.82, 2.24) is 10.2 Å². The first-order valence-electron chi connectivity index (χ1n) is 9.12. The molecule has 2 fully saturated rings. The lowest BCUT2D eigenvalue weighted by Gasteiger charge is -2.38. The van der Waals surface area contributed by atoms with E-state index in [-0.39, 0.29) is 12.0 Å². The average Bonchev–Trinajstić information content (AvgIpc) is 3.13. The van der Waals surface area contributed by atoms with Gasteiger partial charge in [-0.25, -0.2) is 0 Å². The van der Waals surface area contributed by atoms with Gasteiger partial charge in [-0.1, -0.05) is 0 Å². The molecule has 2 aliphatic heterocycles. The molecular formula is C19H29N3O2. The number of hydrogen-bond acceptors (Lipinski definition) is 4. The number of carbonyl (C=O) groups is 1. The molecule has 2 heterocycles. The standard InChI is InChI=1S/C19H29N3O2/c1-15(2)21-9-11-22(12-10-21)17-7-5-16(6-8-17)19(23)20-14-18-4-3-13-24-18/h5-8,15,18H,3-4,9-14H2,1-2H3,(H,20,23)/t18-/m1/s1. The molecule has 0 radical (unpaired) electrons. The molecule has 2 saturated heterocycles. The molecule has 0 unspecified atom stereocenters. The summed E-state index contributed by atoms with van der Waals surface area (Å²) in [6, 6.07) is 8.59. The number of rotatable bonds is 5. The Labute approximate surface area is 145 Å². The summed E-state index contributed by atoms with van der Waals surface area (Å²) in [6.45, 7) is 10.2. The number of amides is 1. The zero-order valence-electron chi connectivity index (χ0n) is 14.8. The molecule has 132 valence electrons. The number of ether oxygens (including phenoxy) is 1. The summed E-state index contributed by atoms with van der Waals surface area (Å²) in [5.41, 5.74) is 1.92. The second-order valence-electron chi connectivity index (χ2n) is 7.01. The molecular weight excluding hydrogens is 302 g/mol. The fourth-order valence-electron chi connectivity index (χ4n) is 3.43. The van der Waals surface area contributed by atoms with Gasteiger partial charge in [0.15, 0.2) is 0 Å². The Balaban J connectivity index is 1.50. The Hall–Kier alpha value is -1.59. The fourth-order valence-corrected chi connectivity index (χ4v) is 3.43. The summed E-state index contributed by atoms with van der Waals surface area (Å²) in [4.78, 5) is 17.1. The van der Waals surface area contributed by atoms with Gasteiger partial charge >= 0.3 is 0 Å². The van der Waals surface area contributed by atoms with Crippen LogP contribution in [-0.2, 0) is 4.74 Å². The minimum atomic E-state index is -0.0123. The summed E-state index contributed by atoms with van der Waals surface area (Å²) in [5, 5.41) is 2.97. The van der Waals surface area contributed by atoms with Gasteiger partial charge in [0.2, 0.25) is 0 Å². The Morgan fingerprint density at radius 2 is 1.92 bits per heavy atom. The van der Waals surface area contributed by atoms with Crippen LogP contribution >= 0.6 is 0 Å². The molecule has 1 amide bonds. The van der Waals surface area contributed by atoms with Gasteiger partial charge in [0, 0.05) is 56.6 Å². The van der Waals surface area contributed by atoms with Gasteiger partial charge in [-0.2, -0.15) is 0 Å². The molecule has 0 aromatic heterocycles. The van der Waals surface area contributed by atoms with E-state index in [1.807, 2.05) is 12.1 Å². The number of piperazine rings is 1. The maximum Gasteiger partial charge on any atom is 0.251 e. The van der Waals surface area contributed by atoms with Gasteiger partial charge in [-0.3, -0.25) is 9.69 Å². The third kappa shape index (κ3) is 4.28. The highest BCUT2D eigenvalue weighted by molar-refractivity contribution is 5.94. The van der Waals surface area contributed by atoms with E-state index in [4.69, 9.17) is 4.74 Å². The van der Waals surface area contributed by atoms with Crippen molar-refractivity contribution in [3.8, 4) is 0 Å². The van der Waals surface area contributed by atoms with Crippen LogP contribution in [0.15, 0.2) is 24.3 Å². The first-order chi connectivity index (χ1) is 11.6. The SMILES string of the molecule is CC(C)N1CCN(c2ccc(C(=O)NC[C@H]3CCCO3)cc2)CC1. The highest BCUT2D eigenvalue weighted by Crippen LogP contribution is 2.18. The number of nitrogens with zero attached hydrogens (tertiary/aromatic N) is 2. The van der Waals surface area contributed by atoms with E-state index in [0.717, 1.165) is 51.2 Å². The number of hydrogen-bond donors (Lipinski definition) is 1. The number of anilines is 1. The lowest BCUT2D eigenvalue weighted by atomic mass is 10.1. The molecule has 1 N–H and O–H groups in total. The maximum absolute atomic E-state index is 12.2. The van der Waals surface area contributed by atoms with Crippen molar-refractivity contribution in [2.24, 2.45) is 0 Å². The molecule has 3 rings (SSSR count). The van der Waals surface area contributed by atoms with Gasteiger partial charge in [0.1, 0.15) is 0 Å². The predicted molar refractivity (Wildman–Crippen MR) is 96.7 cm³/mol. The molecule has 0 bridgehead atoms. The lowest BCUT2D eigenvalue weighted by molar-refractivity contribution is 0.0858. The van der Waals surface area contributed by atoms with Crippen LogP contribution in [0.2, 0.25) is 0 Å². The molecule has 1 atom stereocenters. The van der Waals surface area contributed by atoms with Crippen molar-refractivity contribution in [2.45, 2.75) is 38.8 Å². The van der Waals surface area contributed by atoms with E-state index in [1.54, 1.807) is 0 Å². The largest absolute Gasteiger partial charge is 0.376 e. The van der Waals surface area contributed by atoms with Crippen molar-refractivity contribution in [3.05, 3.63) is 29.8 Å². The Morgan fingerprint density at radius 1 is 1.21 bits per heavy atom. The molecule has 0 saturated carbocycles. The summed E-state index contributed by atoms with van der Waals surface area (Å²) >= 11 is 0. The average molecular weight is 331 g/mol. The van der Waals surface area contributed by atoms with Crippen LogP contribution in [0.25, 0.3) is 0 Å². The Kier molecular flexibility index (Phi) is 5.74. The van der Waals surface area contributed by atoms with Crippen molar-refractivity contribution < 1.29 is 9.53 Å². The first kappa shape index (κ1) is 17.2. The summed E-state index contributed by atoms with van der Waals surface area (Å²) in [7, 11) is 0. The quantitative estimate of drug-likeness (QED) is 0.898. The molecule has 1 aromatic rings. The molecule has 2 aliphatic rings. The van der Waals surface area contributed by atoms with Crippen molar-refractivity contribution >= 4 is 11.6 Å². The highest BCUT2D eigenvalue weighted by Gasteiger charge is 2.20. The summed E-state index contributed by atoms with van der Waals surface area (Å²) < 4.78 is 5.54. The Bertz CT molecular complexity index is 530. The zero-order chi connectivity index (χ0) is 16.9. The van der Waals surface area contributed by atoms with Gasteiger partial charge in [-0.05, 0) is 51.0 Å². The molecule has 5 nitrogen and oxygen atoms in total. The third-order valence-electron chi connectivity index (χ3n) is 5.05. The minimum absolute atomic E-state index is 0.0123. The second kappa shape index (κ2) is 7.99. The maximum atomic E-state index is 12.2. The zero-order valence-corrected chi connectivity index (χ0v) is 14.8. The summed E-state index contributed by atoms with van der Waals surface area (Å²) in [5.74, 6) is -0.0123. The van der Waals surface area contributed by atoms with Gasteiger partial charge in [-0.15, -0.1) is 0 Å². The normalized spacial score (nSPS) is 22.1. The van der Waals surface area contributed by atoms with E-state index < -0.39 is 0 Å². The van der Waals surface area contributed by atoms with E-state index in [9.17, 15) is 4.79 Å². The van der Waals surface area contributed by atoms with Crippen LogP contribution < -0.4 is 10.2 Å². The Morgan fingerprint density at radius 3 is 2.50 bits per heavy atom. The molecule has 5 heteroatoms. The third-order valence-corrected chi connectivity index (χ3v) is 5.05. The molecule has 1 aromatic carbocycles. The van der Waals surface area contributed by atoms with Crippen LogP contribution in [0, 0.1) is 0 Å². The molecule has 0 aliphatic carbocycles. The van der Waals surface area contributed by atoms with Crippen LogP contribution in [0.1, 0.15) is 37.0 Å². The van der Waals surface area contributed by atoms with E-state index >= 15 is 0 Å². The number of nitrogens with one attached hydrogen (secondary N) is 1. The fraction of sp³-hybridized carbons (Fsp3) is 0.632. The van der Waals surface area contributed by atoms with Gasteiger partial charge < -0.3 is 15.0 Å². The number of benzene rings is 1. The van der Waals surface area contributed by atoms with Crippen LogP contribution in [0.5, 0.6) is 0 Å². The first-order valence-corrected chi connectivity index (χ1v) is 9.12. The molecule has 0 spiro atoms. The second-order valence-corrected chi connectivity index (χ2v) is 7.01. The van der Waals surface area contributed by atoms with E-state index in [0.29, 0.717) is 12.6 Å². The number of carbonyl (C=O) groups excluding carboxylic acids is 1. The monoisotopic (exact) mass is 331 g/mol. The van der Waals surface area contributed by atoms with Crippen molar-refractivity contribution in [3.63, 3.8) is 0 Å². The van der Waals surface area contributed by atoms with Crippen molar-refractivity contribution in [1.29, 1.82) is 0 Å². The van der Waals surface area contributed by atoms with Crippen LogP contribution in [-0.4, -0.2) is 62.3 Å². The van der Waals surface area contributed by atoms with Crippen LogP contribution in [0.4, 0.5) is 5.69 Å². The summed E-state index contributed by atoms with van der Waals surface area (Å²) in [6.07, 6.45) is 2.33. The topological polar surface area (TPSA) is 44.8 Å². The van der Waals surface area contributed by atoms with Crippen LogP contribution in [0.3, 0.4) is 0 Å². The minimum Gasteiger partial charge on any atom is -0.376 e. The van der Waals surface area contributed by atoms with E-state index in [2.05, 4.69) is 41.1 Å². The van der Waals surface area contributed by atoms with Gasteiger partial charge in [0.25, 0.3) is 5.91 Å². The predicted octanol–water partition coefficient (Wildman–Crippen LogP) is 2.13. The molecule has 24 heavy (non-hydrogen) atoms. The van der Waals surface area contributed by atoms with Crippen molar-refractivity contribution in [2.75, 3.05) is 44.2 Å². The lowest BCUT2D eigenvalue weighted by Crippen LogP contribution is -2.48. The van der Waals surface area contributed by atoms with Gasteiger partial charge in [0.05, 0.1) is 6.10 Å². The smallest absolute Gasteiger partial charge is 0.251 e. The van der Waals surface area contributed by atoms with E-state index in [1.165, 1.54) is 5.69 Å².